The van der Waals surface area contributed by atoms with Gasteiger partial charge in [-0.15, -0.1) is 0 Å². The lowest BCUT2D eigenvalue weighted by Crippen LogP contribution is -2.06. The number of nitrogen functional groups attached to an aromatic ring is 1. The highest BCUT2D eigenvalue weighted by Crippen LogP contribution is 2.42. The van der Waals surface area contributed by atoms with Crippen molar-refractivity contribution in [2.45, 2.75) is 39.3 Å². The Balaban J connectivity index is 1.99. The van der Waals surface area contributed by atoms with E-state index in [2.05, 4.69) is 24.3 Å². The maximum absolute atomic E-state index is 13.2. The Hall–Kier alpha value is -3.01. The molecule has 1 aliphatic carbocycles. The number of anilines is 1. The van der Waals surface area contributed by atoms with Crippen molar-refractivity contribution in [3.63, 3.8) is 0 Å². The van der Waals surface area contributed by atoms with Crippen molar-refractivity contribution in [2.24, 2.45) is 0 Å². The second-order valence-corrected chi connectivity index (χ2v) is 8.02. The summed E-state index contributed by atoms with van der Waals surface area (Å²) in [6.07, 6.45) is -1.74. The number of aryl methyl sites for hydroxylation is 3. The first kappa shape index (κ1) is 20.3. The van der Waals surface area contributed by atoms with E-state index < -0.39 is 11.7 Å². The second-order valence-electron chi connectivity index (χ2n) is 8.02. The van der Waals surface area contributed by atoms with Crippen LogP contribution in [0.15, 0.2) is 60.7 Å². The summed E-state index contributed by atoms with van der Waals surface area (Å²) in [4.78, 5) is 0. The van der Waals surface area contributed by atoms with Crippen LogP contribution in [0.25, 0.3) is 11.1 Å². The van der Waals surface area contributed by atoms with Gasteiger partial charge in [-0.3, -0.25) is 0 Å². The highest BCUT2D eigenvalue weighted by atomic mass is 19.4. The predicted octanol–water partition coefficient (Wildman–Crippen LogP) is 7.20. The monoisotopic (exact) mass is 407 g/mol. The van der Waals surface area contributed by atoms with E-state index >= 15 is 0 Å². The molecule has 0 spiro atoms. The summed E-state index contributed by atoms with van der Waals surface area (Å²) >= 11 is 0. The van der Waals surface area contributed by atoms with Gasteiger partial charge in [-0.2, -0.15) is 13.2 Å². The number of halogens is 3. The second kappa shape index (κ2) is 7.67. The minimum Gasteiger partial charge on any atom is -0.399 e. The van der Waals surface area contributed by atoms with Gasteiger partial charge in [-0.1, -0.05) is 42.0 Å². The number of benzene rings is 3. The van der Waals surface area contributed by atoms with Crippen molar-refractivity contribution in [1.82, 2.24) is 0 Å². The highest BCUT2D eigenvalue weighted by molar-refractivity contribution is 6.00. The van der Waals surface area contributed by atoms with Gasteiger partial charge >= 0.3 is 6.18 Å². The Kier molecular flexibility index (Phi) is 5.19. The Bertz CT molecular complexity index is 1120. The molecule has 0 unspecified atom stereocenters. The van der Waals surface area contributed by atoms with Crippen LogP contribution in [0, 0.1) is 13.8 Å². The van der Waals surface area contributed by atoms with E-state index in [1.807, 2.05) is 25.1 Å². The Labute approximate surface area is 175 Å². The molecule has 0 bridgehead atoms. The van der Waals surface area contributed by atoms with Crippen LogP contribution in [0.5, 0.6) is 0 Å². The first-order chi connectivity index (χ1) is 14.2. The number of hydrogen-bond acceptors (Lipinski definition) is 1. The zero-order chi connectivity index (χ0) is 21.5. The van der Waals surface area contributed by atoms with E-state index in [1.54, 1.807) is 13.0 Å². The first-order valence-corrected chi connectivity index (χ1v) is 10.1. The van der Waals surface area contributed by atoms with Crippen LogP contribution in [-0.4, -0.2) is 0 Å². The van der Waals surface area contributed by atoms with Crippen molar-refractivity contribution < 1.29 is 13.2 Å². The summed E-state index contributed by atoms with van der Waals surface area (Å²) in [5.74, 6) is 0. The lowest BCUT2D eigenvalue weighted by atomic mass is 9.86. The highest BCUT2D eigenvalue weighted by Gasteiger charge is 2.31. The van der Waals surface area contributed by atoms with Crippen LogP contribution in [0.1, 0.15) is 51.8 Å². The van der Waals surface area contributed by atoms with Crippen LogP contribution in [0.2, 0.25) is 0 Å². The minimum absolute atomic E-state index is 0.608. The summed E-state index contributed by atoms with van der Waals surface area (Å²) in [7, 11) is 0. The molecule has 4 heteroatoms. The third-order valence-corrected chi connectivity index (χ3v) is 5.79. The van der Waals surface area contributed by atoms with Gasteiger partial charge in [0.15, 0.2) is 0 Å². The third-order valence-electron chi connectivity index (χ3n) is 5.79. The predicted molar refractivity (Wildman–Crippen MR) is 117 cm³/mol. The van der Waals surface area contributed by atoms with Crippen molar-refractivity contribution in [3.8, 4) is 0 Å². The third kappa shape index (κ3) is 3.87. The number of fused-ring (bicyclic) bond motifs is 1. The Morgan fingerprint density at radius 3 is 2.17 bits per heavy atom. The molecule has 0 aromatic heterocycles. The van der Waals surface area contributed by atoms with Gasteiger partial charge in [0.2, 0.25) is 0 Å². The molecule has 0 aliphatic heterocycles. The lowest BCUT2D eigenvalue weighted by molar-refractivity contribution is -0.137. The summed E-state index contributed by atoms with van der Waals surface area (Å²) in [6.45, 7) is 3.81. The zero-order valence-corrected chi connectivity index (χ0v) is 17.1. The van der Waals surface area contributed by atoms with Crippen LogP contribution in [-0.2, 0) is 12.6 Å². The number of alkyl halides is 3. The molecule has 0 fully saturated rings. The summed E-state index contributed by atoms with van der Waals surface area (Å²) < 4.78 is 39.6. The molecular formula is C26H24F3N. The molecule has 0 amide bonds. The molecular weight excluding hydrogens is 383 g/mol. The number of nitrogens with two attached hydrogens (primary N) is 1. The molecule has 0 atom stereocenters. The standard InChI is InChI=1S/C26H24F3N/c1-16-6-8-18(9-7-16)25-23-13-11-21(30)15-19(23)4-3-5-24(25)22-12-10-20(14-17(22)2)26(27,28)29/h6-15H,3-5,30H2,1-2H3. The summed E-state index contributed by atoms with van der Waals surface area (Å²) in [5.41, 5.74) is 14.4. The Morgan fingerprint density at radius 1 is 0.800 bits per heavy atom. The SMILES string of the molecule is Cc1ccc(C2=C(c3ccc(C(F)(F)F)cc3C)CCCc3cc(N)ccc32)cc1. The normalized spacial score (nSPS) is 14.4. The quantitative estimate of drug-likeness (QED) is 0.447. The number of hydrogen-bond donors (Lipinski definition) is 1. The number of rotatable bonds is 2. The maximum atomic E-state index is 13.2. The molecule has 3 aromatic rings. The van der Waals surface area contributed by atoms with Crippen molar-refractivity contribution in [2.75, 3.05) is 5.73 Å². The van der Waals surface area contributed by atoms with Gasteiger partial charge < -0.3 is 5.73 Å². The summed E-state index contributed by atoms with van der Waals surface area (Å²) in [6, 6.07) is 18.4. The van der Waals surface area contributed by atoms with Crippen LogP contribution < -0.4 is 5.73 Å². The largest absolute Gasteiger partial charge is 0.416 e. The van der Waals surface area contributed by atoms with Crippen LogP contribution >= 0.6 is 0 Å². The summed E-state index contributed by atoms with van der Waals surface area (Å²) in [5, 5.41) is 0. The molecule has 0 heterocycles. The molecule has 0 saturated carbocycles. The Morgan fingerprint density at radius 2 is 1.50 bits per heavy atom. The van der Waals surface area contributed by atoms with Gasteiger partial charge in [-0.05, 0) is 96.3 Å². The minimum atomic E-state index is -4.34. The smallest absolute Gasteiger partial charge is 0.399 e. The average Bonchev–Trinajstić information content (AvgIpc) is 2.87. The van der Waals surface area contributed by atoms with Crippen molar-refractivity contribution in [1.29, 1.82) is 0 Å². The van der Waals surface area contributed by atoms with E-state index in [0.717, 1.165) is 58.3 Å². The van der Waals surface area contributed by atoms with E-state index in [-0.39, 0.29) is 0 Å². The fourth-order valence-electron chi connectivity index (χ4n) is 4.31. The average molecular weight is 407 g/mol. The molecule has 4 rings (SSSR count). The topological polar surface area (TPSA) is 26.0 Å². The van der Waals surface area contributed by atoms with Gasteiger partial charge in [0.25, 0.3) is 0 Å². The van der Waals surface area contributed by atoms with E-state index in [9.17, 15) is 13.2 Å². The first-order valence-electron chi connectivity index (χ1n) is 10.1. The van der Waals surface area contributed by atoms with E-state index in [4.69, 9.17) is 5.73 Å². The fraction of sp³-hybridized carbons (Fsp3) is 0.231. The molecule has 1 aliphatic rings. The van der Waals surface area contributed by atoms with Gasteiger partial charge in [0.1, 0.15) is 0 Å². The van der Waals surface area contributed by atoms with Crippen LogP contribution in [0.4, 0.5) is 18.9 Å². The van der Waals surface area contributed by atoms with E-state index in [1.165, 1.54) is 17.7 Å². The number of allylic oxidation sites excluding steroid dienone is 1. The van der Waals surface area contributed by atoms with Crippen molar-refractivity contribution >= 4 is 16.8 Å². The van der Waals surface area contributed by atoms with Gasteiger partial charge in [0, 0.05) is 5.69 Å². The fourth-order valence-corrected chi connectivity index (χ4v) is 4.31. The zero-order valence-electron chi connectivity index (χ0n) is 17.1. The molecule has 154 valence electrons. The van der Waals surface area contributed by atoms with E-state index in [0.29, 0.717) is 5.56 Å². The molecule has 2 N–H and O–H groups in total. The van der Waals surface area contributed by atoms with Gasteiger partial charge in [-0.25, -0.2) is 0 Å². The van der Waals surface area contributed by atoms with Crippen molar-refractivity contribution in [3.05, 3.63) is 99.6 Å². The molecule has 0 radical (unpaired) electrons. The molecule has 0 saturated heterocycles. The lowest BCUT2D eigenvalue weighted by Gasteiger charge is -2.19. The van der Waals surface area contributed by atoms with Gasteiger partial charge in [0.05, 0.1) is 5.56 Å². The van der Waals surface area contributed by atoms with Crippen LogP contribution in [0.3, 0.4) is 0 Å². The maximum Gasteiger partial charge on any atom is 0.416 e. The molecule has 1 nitrogen and oxygen atoms in total. The molecule has 3 aromatic carbocycles. The molecule has 30 heavy (non-hydrogen) atoms.